The first-order chi connectivity index (χ1) is 7.65. The molecule has 5 nitrogen and oxygen atoms in total. The zero-order valence-corrected chi connectivity index (χ0v) is 9.76. The van der Waals surface area contributed by atoms with E-state index in [4.69, 9.17) is 5.73 Å². The molecule has 90 valence electrons. The van der Waals surface area contributed by atoms with E-state index in [1.54, 1.807) is 6.20 Å². The predicted octanol–water partition coefficient (Wildman–Crippen LogP) is 0.777. The van der Waals surface area contributed by atoms with Crippen molar-refractivity contribution in [2.24, 2.45) is 5.73 Å². The number of aryl methyl sites for hydroxylation is 1. The highest BCUT2D eigenvalue weighted by Crippen LogP contribution is 2.36. The van der Waals surface area contributed by atoms with Gasteiger partial charge in [0, 0.05) is 12.6 Å². The van der Waals surface area contributed by atoms with Crippen molar-refractivity contribution in [1.29, 1.82) is 0 Å². The summed E-state index contributed by atoms with van der Waals surface area (Å²) in [6, 6.07) is 0.232. The van der Waals surface area contributed by atoms with Crippen molar-refractivity contribution in [1.82, 2.24) is 15.0 Å². The maximum absolute atomic E-state index is 10.6. The molecule has 0 radical (unpaired) electrons. The fourth-order valence-electron chi connectivity index (χ4n) is 2.37. The van der Waals surface area contributed by atoms with Gasteiger partial charge in [0.1, 0.15) is 5.60 Å². The summed E-state index contributed by atoms with van der Waals surface area (Å²) in [4.78, 5) is 0. The van der Waals surface area contributed by atoms with Crippen LogP contribution in [0.2, 0.25) is 0 Å². The minimum absolute atomic E-state index is 0.232. The lowest BCUT2D eigenvalue weighted by Crippen LogP contribution is -2.38. The van der Waals surface area contributed by atoms with E-state index in [0.717, 1.165) is 31.5 Å². The molecule has 1 aliphatic rings. The van der Waals surface area contributed by atoms with Gasteiger partial charge < -0.3 is 10.8 Å². The molecule has 1 heterocycles. The second kappa shape index (κ2) is 4.51. The Hall–Kier alpha value is -0.940. The van der Waals surface area contributed by atoms with E-state index in [1.807, 2.05) is 4.68 Å². The first kappa shape index (κ1) is 11.5. The Morgan fingerprint density at radius 1 is 1.56 bits per heavy atom. The van der Waals surface area contributed by atoms with Crippen LogP contribution in [0, 0.1) is 0 Å². The van der Waals surface area contributed by atoms with Gasteiger partial charge in [-0.15, -0.1) is 5.10 Å². The molecule has 1 aliphatic carbocycles. The van der Waals surface area contributed by atoms with Gasteiger partial charge in [0.15, 0.2) is 0 Å². The maximum atomic E-state index is 10.6. The highest BCUT2D eigenvalue weighted by molar-refractivity contribution is 5.10. The van der Waals surface area contributed by atoms with Crippen LogP contribution in [0.5, 0.6) is 0 Å². The smallest absolute Gasteiger partial charge is 0.108 e. The number of nitrogens with two attached hydrogens (primary N) is 1. The SMILES string of the molecule is CCCn1nncc1C1(O)CCC(N)CC1. The standard InChI is InChI=1S/C11H20N4O/c1-2-7-15-10(8-13-14-15)11(16)5-3-9(12)4-6-11/h8-9,16H,2-7,12H2,1H3. The van der Waals surface area contributed by atoms with E-state index in [0.29, 0.717) is 12.8 Å². The number of hydrogen-bond acceptors (Lipinski definition) is 4. The molecule has 0 aliphatic heterocycles. The first-order valence-corrected chi connectivity index (χ1v) is 6.02. The molecule has 1 saturated carbocycles. The van der Waals surface area contributed by atoms with Crippen molar-refractivity contribution < 1.29 is 5.11 Å². The molecule has 0 amide bonds. The summed E-state index contributed by atoms with van der Waals surface area (Å²) in [5.74, 6) is 0. The molecule has 1 aromatic heterocycles. The average molecular weight is 224 g/mol. The molecule has 0 saturated heterocycles. The van der Waals surface area contributed by atoms with Crippen LogP contribution in [0.1, 0.15) is 44.7 Å². The normalized spacial score (nSPS) is 30.6. The van der Waals surface area contributed by atoms with Crippen LogP contribution >= 0.6 is 0 Å². The number of hydrogen-bond donors (Lipinski definition) is 2. The van der Waals surface area contributed by atoms with Crippen LogP contribution in [-0.4, -0.2) is 26.1 Å². The summed E-state index contributed by atoms with van der Waals surface area (Å²) in [7, 11) is 0. The Kier molecular flexibility index (Phi) is 3.25. The quantitative estimate of drug-likeness (QED) is 0.795. The van der Waals surface area contributed by atoms with E-state index in [9.17, 15) is 5.11 Å². The Balaban J connectivity index is 2.18. The average Bonchev–Trinajstić information content (AvgIpc) is 2.72. The van der Waals surface area contributed by atoms with E-state index in [1.165, 1.54) is 0 Å². The van der Waals surface area contributed by atoms with Crippen LogP contribution in [0.15, 0.2) is 6.20 Å². The van der Waals surface area contributed by atoms with Gasteiger partial charge in [0.2, 0.25) is 0 Å². The first-order valence-electron chi connectivity index (χ1n) is 6.02. The molecular formula is C11H20N4O. The predicted molar refractivity (Wildman–Crippen MR) is 60.7 cm³/mol. The lowest BCUT2D eigenvalue weighted by atomic mass is 9.80. The summed E-state index contributed by atoms with van der Waals surface area (Å²) in [6.07, 6.45) is 5.84. The van der Waals surface area contributed by atoms with E-state index >= 15 is 0 Å². The van der Waals surface area contributed by atoms with Gasteiger partial charge in [-0.1, -0.05) is 12.1 Å². The van der Waals surface area contributed by atoms with Crippen LogP contribution in [-0.2, 0) is 12.1 Å². The minimum atomic E-state index is -0.769. The third-order valence-electron chi connectivity index (χ3n) is 3.39. The molecule has 3 N–H and O–H groups in total. The van der Waals surface area contributed by atoms with Gasteiger partial charge in [-0.3, -0.25) is 0 Å². The molecule has 1 fully saturated rings. The molecule has 16 heavy (non-hydrogen) atoms. The molecule has 0 aromatic carbocycles. The fourth-order valence-corrected chi connectivity index (χ4v) is 2.37. The van der Waals surface area contributed by atoms with Crippen molar-refractivity contribution >= 4 is 0 Å². The highest BCUT2D eigenvalue weighted by atomic mass is 16.3. The molecule has 0 spiro atoms. The van der Waals surface area contributed by atoms with E-state index in [-0.39, 0.29) is 6.04 Å². The monoisotopic (exact) mass is 224 g/mol. The summed E-state index contributed by atoms with van der Waals surface area (Å²) >= 11 is 0. The van der Waals surface area contributed by atoms with Crippen molar-refractivity contribution in [2.45, 2.75) is 57.2 Å². The minimum Gasteiger partial charge on any atom is -0.384 e. The third kappa shape index (κ3) is 2.10. The van der Waals surface area contributed by atoms with Gasteiger partial charge in [-0.05, 0) is 32.1 Å². The van der Waals surface area contributed by atoms with E-state index < -0.39 is 5.60 Å². The topological polar surface area (TPSA) is 77.0 Å². The summed E-state index contributed by atoms with van der Waals surface area (Å²) in [6.45, 7) is 2.90. The summed E-state index contributed by atoms with van der Waals surface area (Å²) in [5, 5.41) is 18.5. The Morgan fingerprint density at radius 3 is 2.88 bits per heavy atom. The zero-order valence-electron chi connectivity index (χ0n) is 9.76. The van der Waals surface area contributed by atoms with Crippen molar-refractivity contribution in [3.05, 3.63) is 11.9 Å². The van der Waals surface area contributed by atoms with Crippen LogP contribution in [0.4, 0.5) is 0 Å². The Morgan fingerprint density at radius 2 is 2.25 bits per heavy atom. The van der Waals surface area contributed by atoms with E-state index in [2.05, 4.69) is 17.2 Å². The Labute approximate surface area is 95.6 Å². The lowest BCUT2D eigenvalue weighted by Gasteiger charge is -2.34. The van der Waals surface area contributed by atoms with Crippen LogP contribution in [0.25, 0.3) is 0 Å². The van der Waals surface area contributed by atoms with Crippen molar-refractivity contribution in [2.75, 3.05) is 0 Å². The largest absolute Gasteiger partial charge is 0.384 e. The molecule has 0 unspecified atom stereocenters. The van der Waals surface area contributed by atoms with Gasteiger partial charge >= 0.3 is 0 Å². The van der Waals surface area contributed by atoms with Gasteiger partial charge in [-0.2, -0.15) is 0 Å². The molecular weight excluding hydrogens is 204 g/mol. The van der Waals surface area contributed by atoms with Crippen molar-refractivity contribution in [3.63, 3.8) is 0 Å². The number of rotatable bonds is 3. The molecule has 5 heteroatoms. The molecule has 0 bridgehead atoms. The van der Waals surface area contributed by atoms with Gasteiger partial charge in [0.05, 0.1) is 11.9 Å². The Bertz CT molecular complexity index is 342. The maximum Gasteiger partial charge on any atom is 0.108 e. The number of nitrogens with zero attached hydrogens (tertiary/aromatic N) is 3. The summed E-state index contributed by atoms with van der Waals surface area (Å²) in [5.41, 5.74) is 5.94. The molecule has 1 aromatic rings. The van der Waals surface area contributed by atoms with Crippen molar-refractivity contribution in [3.8, 4) is 0 Å². The molecule has 2 rings (SSSR count). The second-order valence-corrected chi connectivity index (χ2v) is 4.71. The lowest BCUT2D eigenvalue weighted by molar-refractivity contribution is -0.0130. The highest BCUT2D eigenvalue weighted by Gasteiger charge is 2.36. The van der Waals surface area contributed by atoms with Crippen LogP contribution in [0.3, 0.4) is 0 Å². The fraction of sp³-hybridized carbons (Fsp3) is 0.818. The summed E-state index contributed by atoms with van der Waals surface area (Å²) < 4.78 is 1.82. The molecule has 0 atom stereocenters. The van der Waals surface area contributed by atoms with Gasteiger partial charge in [-0.25, -0.2) is 4.68 Å². The zero-order chi connectivity index (χ0) is 11.6. The second-order valence-electron chi connectivity index (χ2n) is 4.71. The van der Waals surface area contributed by atoms with Crippen LogP contribution < -0.4 is 5.73 Å². The third-order valence-corrected chi connectivity index (χ3v) is 3.39. The van der Waals surface area contributed by atoms with Gasteiger partial charge in [0.25, 0.3) is 0 Å². The number of aliphatic hydroxyl groups is 1. The number of aromatic nitrogens is 3.